The smallest absolute Gasteiger partial charge is 0.350 e. The van der Waals surface area contributed by atoms with Gasteiger partial charge in [0.15, 0.2) is 0 Å². The summed E-state index contributed by atoms with van der Waals surface area (Å²) in [7, 11) is 0. The Hall–Kier alpha value is -2.84. The molecule has 1 aromatic carbocycles. The van der Waals surface area contributed by atoms with Crippen molar-refractivity contribution in [2.24, 2.45) is 4.99 Å². The number of benzene rings is 1. The van der Waals surface area contributed by atoms with Crippen LogP contribution < -0.4 is 10.1 Å². The largest absolute Gasteiger partial charge is 0.491 e. The van der Waals surface area contributed by atoms with Gasteiger partial charge in [0.25, 0.3) is 0 Å². The van der Waals surface area contributed by atoms with Crippen LogP contribution in [0.3, 0.4) is 0 Å². The van der Waals surface area contributed by atoms with Crippen LogP contribution in [-0.2, 0) is 6.54 Å². The number of aliphatic imine (C=N–C) groups is 1. The molecule has 30 heavy (non-hydrogen) atoms. The van der Waals surface area contributed by atoms with Gasteiger partial charge in [-0.1, -0.05) is 17.7 Å². The highest BCUT2D eigenvalue weighted by atomic mass is 35.5. The summed E-state index contributed by atoms with van der Waals surface area (Å²) < 4.78 is 5.66. The molecule has 1 atom stereocenters. The van der Waals surface area contributed by atoms with Crippen LogP contribution in [0.25, 0.3) is 0 Å². The average molecular weight is 432 g/mol. The molecule has 0 saturated heterocycles. The van der Waals surface area contributed by atoms with Crippen LogP contribution in [0.4, 0.5) is 10.5 Å². The first kappa shape index (κ1) is 21.9. The minimum atomic E-state index is -1.18. The molecule has 2 heterocycles. The highest BCUT2D eigenvalue weighted by Gasteiger charge is 2.36. The Kier molecular flexibility index (Phi) is 6.79. The predicted molar refractivity (Wildman–Crippen MR) is 116 cm³/mol. The molecule has 1 aromatic heterocycles. The minimum Gasteiger partial charge on any atom is -0.491 e. The molecule has 2 aromatic rings. The number of hydrogen-bond acceptors (Lipinski definition) is 6. The number of urea groups is 1. The molecule has 1 aliphatic heterocycles. The fraction of sp³-hybridized carbons (Fsp3) is 0.381. The van der Waals surface area contributed by atoms with Crippen molar-refractivity contribution in [2.75, 3.05) is 5.32 Å². The van der Waals surface area contributed by atoms with Crippen molar-refractivity contribution in [3.8, 4) is 5.75 Å². The molecule has 0 spiro atoms. The lowest BCUT2D eigenvalue weighted by Crippen LogP contribution is -2.59. The van der Waals surface area contributed by atoms with Gasteiger partial charge in [-0.05, 0) is 63.6 Å². The summed E-state index contributed by atoms with van der Waals surface area (Å²) in [6, 6.07) is 10.1. The lowest BCUT2D eigenvalue weighted by atomic mass is 10.2. The van der Waals surface area contributed by atoms with E-state index in [2.05, 4.69) is 15.3 Å². The summed E-state index contributed by atoms with van der Waals surface area (Å²) in [6.45, 7) is 7.84. The molecule has 1 unspecified atom stereocenters. The topological polar surface area (TPSA) is 90.3 Å². The van der Waals surface area contributed by atoms with Gasteiger partial charge in [-0.3, -0.25) is 9.80 Å². The second kappa shape index (κ2) is 9.32. The number of aliphatic hydroxyl groups excluding tert-OH is 1. The summed E-state index contributed by atoms with van der Waals surface area (Å²) >= 11 is 5.87. The van der Waals surface area contributed by atoms with Crippen LogP contribution in [-0.4, -0.2) is 50.4 Å². The lowest BCUT2D eigenvalue weighted by molar-refractivity contribution is -0.0754. The van der Waals surface area contributed by atoms with E-state index >= 15 is 0 Å². The zero-order chi connectivity index (χ0) is 21.8. The van der Waals surface area contributed by atoms with Crippen LogP contribution in [0.15, 0.2) is 47.6 Å². The van der Waals surface area contributed by atoms with Crippen molar-refractivity contribution in [1.82, 2.24) is 14.8 Å². The van der Waals surface area contributed by atoms with Crippen molar-refractivity contribution in [1.29, 1.82) is 0 Å². The van der Waals surface area contributed by atoms with Crippen LogP contribution in [0.2, 0.25) is 5.15 Å². The summed E-state index contributed by atoms with van der Waals surface area (Å²) in [5.41, 5.74) is 1.52. The van der Waals surface area contributed by atoms with Crippen LogP contribution in [0.5, 0.6) is 5.75 Å². The number of aliphatic hydroxyl groups is 1. The maximum atomic E-state index is 12.5. The van der Waals surface area contributed by atoms with Gasteiger partial charge >= 0.3 is 6.03 Å². The van der Waals surface area contributed by atoms with Crippen LogP contribution in [0.1, 0.15) is 33.3 Å². The fourth-order valence-corrected chi connectivity index (χ4v) is 3.14. The number of nitrogens with one attached hydrogen (secondary N) is 1. The van der Waals surface area contributed by atoms with E-state index in [0.717, 1.165) is 11.3 Å². The molecule has 0 saturated carbocycles. The Balaban J connectivity index is 1.86. The van der Waals surface area contributed by atoms with E-state index in [0.29, 0.717) is 10.8 Å². The van der Waals surface area contributed by atoms with E-state index in [1.807, 2.05) is 58.0 Å². The monoisotopic (exact) mass is 431 g/mol. The van der Waals surface area contributed by atoms with Crippen LogP contribution in [0, 0.1) is 0 Å². The van der Waals surface area contributed by atoms with Crippen molar-refractivity contribution in [3.63, 3.8) is 0 Å². The predicted octanol–water partition coefficient (Wildman–Crippen LogP) is 3.91. The number of carbonyl (C=O) groups is 1. The molecular weight excluding hydrogens is 406 g/mol. The molecule has 3 rings (SSSR count). The summed E-state index contributed by atoms with van der Waals surface area (Å²) in [6.07, 6.45) is 0.516. The molecule has 2 amide bonds. The average Bonchev–Trinajstić information content (AvgIpc) is 2.67. The molecule has 8 nitrogen and oxygen atoms in total. The minimum absolute atomic E-state index is 0.0739. The molecule has 0 bridgehead atoms. The van der Waals surface area contributed by atoms with Gasteiger partial charge in [0.05, 0.1) is 12.6 Å². The zero-order valence-corrected chi connectivity index (χ0v) is 18.2. The number of pyridine rings is 1. The standard InChI is InChI=1S/C21H26ClN5O3/c1-13(2)27-20(28)25-19(24-16-6-8-17(9-7-16)30-14(3)4)26(21(27)29)12-15-5-10-18(22)23-11-15/h5-11,13-14,21,29H,12H2,1-4H3,(H,24,25,28). The molecule has 1 aliphatic rings. The van der Waals surface area contributed by atoms with E-state index < -0.39 is 12.4 Å². The van der Waals surface area contributed by atoms with Crippen molar-refractivity contribution < 1.29 is 14.6 Å². The van der Waals surface area contributed by atoms with Gasteiger partial charge in [0, 0.05) is 17.9 Å². The van der Waals surface area contributed by atoms with E-state index in [1.54, 1.807) is 17.2 Å². The number of guanidine groups is 1. The first-order valence-corrected chi connectivity index (χ1v) is 10.1. The van der Waals surface area contributed by atoms with E-state index in [4.69, 9.17) is 16.3 Å². The lowest BCUT2D eigenvalue weighted by Gasteiger charge is -2.42. The Morgan fingerprint density at radius 1 is 1.17 bits per heavy atom. The summed E-state index contributed by atoms with van der Waals surface area (Å²) in [5, 5.41) is 14.4. The Morgan fingerprint density at radius 3 is 2.43 bits per heavy atom. The Labute approximate surface area is 181 Å². The number of ether oxygens (including phenoxy) is 1. The van der Waals surface area contributed by atoms with Gasteiger partial charge in [0.2, 0.25) is 12.3 Å². The zero-order valence-electron chi connectivity index (χ0n) is 17.4. The maximum absolute atomic E-state index is 12.5. The van der Waals surface area contributed by atoms with E-state index in [9.17, 15) is 9.90 Å². The number of nitrogens with zero attached hydrogens (tertiary/aromatic N) is 4. The van der Waals surface area contributed by atoms with Crippen LogP contribution >= 0.6 is 11.6 Å². The van der Waals surface area contributed by atoms with Gasteiger partial charge in [-0.15, -0.1) is 0 Å². The van der Waals surface area contributed by atoms with Gasteiger partial charge in [-0.25, -0.2) is 9.78 Å². The molecule has 0 aliphatic carbocycles. The molecular formula is C21H26ClN5O3. The van der Waals surface area contributed by atoms with Crippen molar-refractivity contribution in [3.05, 3.63) is 53.3 Å². The van der Waals surface area contributed by atoms with E-state index in [1.165, 1.54) is 4.90 Å². The number of amides is 2. The summed E-state index contributed by atoms with van der Waals surface area (Å²) in [4.78, 5) is 23.7. The molecule has 0 radical (unpaired) electrons. The quantitative estimate of drug-likeness (QED) is 0.674. The van der Waals surface area contributed by atoms with Crippen molar-refractivity contribution in [2.45, 2.75) is 52.7 Å². The normalized spacial score (nSPS) is 16.9. The highest BCUT2D eigenvalue weighted by molar-refractivity contribution is 6.29. The number of anilines is 1. The molecule has 160 valence electrons. The number of aromatic nitrogens is 1. The fourth-order valence-electron chi connectivity index (χ4n) is 3.03. The second-order valence-electron chi connectivity index (χ2n) is 7.50. The number of carbonyl (C=O) groups excluding carboxylic acids is 1. The number of rotatable bonds is 6. The first-order valence-electron chi connectivity index (χ1n) is 9.74. The second-order valence-corrected chi connectivity index (χ2v) is 7.89. The first-order chi connectivity index (χ1) is 14.2. The molecule has 2 N–H and O–H groups in total. The number of halogens is 1. The molecule has 0 fully saturated rings. The molecule has 9 heteroatoms. The third-order valence-electron chi connectivity index (χ3n) is 4.40. The Bertz CT molecular complexity index is 900. The van der Waals surface area contributed by atoms with Gasteiger partial charge in [0.1, 0.15) is 10.9 Å². The third-order valence-corrected chi connectivity index (χ3v) is 4.63. The Morgan fingerprint density at radius 2 is 1.87 bits per heavy atom. The van der Waals surface area contributed by atoms with Gasteiger partial charge in [-0.2, -0.15) is 4.99 Å². The highest BCUT2D eigenvalue weighted by Crippen LogP contribution is 2.22. The third kappa shape index (κ3) is 5.20. The SMILES string of the molecule is CC(C)Oc1ccc(NC2=NC(=O)N(C(C)C)C(O)N2Cc2ccc(Cl)nc2)cc1. The number of hydrogen-bond donors (Lipinski definition) is 2. The van der Waals surface area contributed by atoms with Crippen molar-refractivity contribution >= 4 is 29.3 Å². The van der Waals surface area contributed by atoms with E-state index in [-0.39, 0.29) is 24.7 Å². The van der Waals surface area contributed by atoms with Gasteiger partial charge < -0.3 is 15.2 Å². The maximum Gasteiger partial charge on any atom is 0.350 e. The summed E-state index contributed by atoms with van der Waals surface area (Å²) in [5.74, 6) is 0.990.